The summed E-state index contributed by atoms with van der Waals surface area (Å²) < 4.78 is 55.3. The van der Waals surface area contributed by atoms with Crippen LogP contribution in [0.4, 0.5) is 17.6 Å². The number of rotatable bonds is 3. The van der Waals surface area contributed by atoms with E-state index in [1.807, 2.05) is 0 Å². The van der Waals surface area contributed by atoms with Crippen molar-refractivity contribution in [2.24, 2.45) is 35.5 Å². The van der Waals surface area contributed by atoms with Gasteiger partial charge in [0.15, 0.2) is 5.76 Å². The average Bonchev–Trinajstić information content (AvgIpc) is 2.59. The van der Waals surface area contributed by atoms with Crippen molar-refractivity contribution in [3.63, 3.8) is 0 Å². The Hall–Kier alpha value is -1.00. The van der Waals surface area contributed by atoms with Crippen molar-refractivity contribution in [2.45, 2.75) is 71.6 Å². The van der Waals surface area contributed by atoms with Gasteiger partial charge in [-0.2, -0.15) is 0 Å². The van der Waals surface area contributed by atoms with E-state index < -0.39 is 23.9 Å². The highest BCUT2D eigenvalue weighted by atomic mass is 19.4. The standard InChI is InChI=1S/C21H30F4O/c1-13-3-5-15(6-4-13)16-7-9-17(10-8-16)18-11-12-19(20(22)14(18)2)26-21(23,24)25/h11-18H,3-10H2,1-2H3. The molecule has 0 spiro atoms. The molecule has 148 valence electrons. The maximum atomic E-state index is 14.4. The number of halogens is 4. The third-order valence-electron chi connectivity index (χ3n) is 7.00. The van der Waals surface area contributed by atoms with Crippen LogP contribution in [0.15, 0.2) is 23.7 Å². The zero-order chi connectivity index (χ0) is 18.9. The molecular formula is C21H30F4O. The summed E-state index contributed by atoms with van der Waals surface area (Å²) in [4.78, 5) is 0. The van der Waals surface area contributed by atoms with Crippen LogP contribution in [-0.2, 0) is 4.74 Å². The van der Waals surface area contributed by atoms with E-state index >= 15 is 0 Å². The molecule has 3 aliphatic rings. The number of allylic oxidation sites excluding steroid dienone is 3. The summed E-state index contributed by atoms with van der Waals surface area (Å²) in [6, 6.07) is 0. The minimum atomic E-state index is -4.85. The van der Waals surface area contributed by atoms with Crippen LogP contribution in [-0.4, -0.2) is 6.36 Å². The van der Waals surface area contributed by atoms with E-state index in [4.69, 9.17) is 0 Å². The summed E-state index contributed by atoms with van der Waals surface area (Å²) in [6.07, 6.45) is 7.89. The molecule has 2 fully saturated rings. The fraction of sp³-hybridized carbons (Fsp3) is 0.810. The lowest BCUT2D eigenvalue weighted by Gasteiger charge is -2.40. The summed E-state index contributed by atoms with van der Waals surface area (Å²) in [5.74, 6) is 0.833. The molecule has 0 aromatic carbocycles. The van der Waals surface area contributed by atoms with E-state index in [-0.39, 0.29) is 5.92 Å². The highest BCUT2D eigenvalue weighted by molar-refractivity contribution is 5.25. The van der Waals surface area contributed by atoms with Crippen molar-refractivity contribution < 1.29 is 22.3 Å². The van der Waals surface area contributed by atoms with E-state index in [9.17, 15) is 17.6 Å². The lowest BCUT2D eigenvalue weighted by Crippen LogP contribution is -2.31. The van der Waals surface area contributed by atoms with Crippen LogP contribution in [0.25, 0.3) is 0 Å². The van der Waals surface area contributed by atoms with Crippen LogP contribution in [0.5, 0.6) is 0 Å². The predicted octanol–water partition coefficient (Wildman–Crippen LogP) is 7.16. The molecule has 0 aromatic heterocycles. The molecule has 0 saturated heterocycles. The van der Waals surface area contributed by atoms with Gasteiger partial charge in [-0.15, -0.1) is 13.2 Å². The molecule has 3 rings (SSSR count). The summed E-state index contributed by atoms with van der Waals surface area (Å²) in [5.41, 5.74) is 0. The second kappa shape index (κ2) is 7.93. The molecule has 2 saturated carbocycles. The Morgan fingerprint density at radius 1 is 0.846 bits per heavy atom. The largest absolute Gasteiger partial charge is 0.573 e. The summed E-state index contributed by atoms with van der Waals surface area (Å²) >= 11 is 0. The Labute approximate surface area is 153 Å². The summed E-state index contributed by atoms with van der Waals surface area (Å²) in [5, 5.41) is 0. The van der Waals surface area contributed by atoms with Gasteiger partial charge >= 0.3 is 6.36 Å². The maximum absolute atomic E-state index is 14.4. The monoisotopic (exact) mass is 374 g/mol. The van der Waals surface area contributed by atoms with Crippen molar-refractivity contribution >= 4 is 0 Å². The predicted molar refractivity (Wildman–Crippen MR) is 93.6 cm³/mol. The van der Waals surface area contributed by atoms with E-state index in [0.717, 1.165) is 30.6 Å². The van der Waals surface area contributed by atoms with Gasteiger partial charge in [0.05, 0.1) is 0 Å². The SMILES string of the molecule is CC1CCC(C2CCC(C3C=CC(OC(F)(F)F)=C(F)C3C)CC2)CC1. The van der Waals surface area contributed by atoms with E-state index in [0.29, 0.717) is 5.92 Å². The van der Waals surface area contributed by atoms with Gasteiger partial charge < -0.3 is 4.74 Å². The number of hydrogen-bond donors (Lipinski definition) is 0. The Morgan fingerprint density at radius 3 is 1.88 bits per heavy atom. The smallest absolute Gasteiger partial charge is 0.403 e. The Morgan fingerprint density at radius 2 is 1.35 bits per heavy atom. The molecule has 0 radical (unpaired) electrons. The lowest BCUT2D eigenvalue weighted by atomic mass is 9.65. The van der Waals surface area contributed by atoms with E-state index in [2.05, 4.69) is 11.7 Å². The fourth-order valence-corrected chi connectivity index (χ4v) is 5.37. The van der Waals surface area contributed by atoms with Gasteiger partial charge in [-0.25, -0.2) is 4.39 Å². The fourth-order valence-electron chi connectivity index (χ4n) is 5.37. The first-order valence-corrected chi connectivity index (χ1v) is 10.1. The first kappa shape index (κ1) is 19.8. The van der Waals surface area contributed by atoms with Crippen LogP contribution >= 0.6 is 0 Å². The van der Waals surface area contributed by atoms with Gasteiger partial charge in [0.2, 0.25) is 0 Å². The molecule has 0 heterocycles. The molecule has 1 nitrogen and oxygen atoms in total. The lowest BCUT2D eigenvalue weighted by molar-refractivity contribution is -0.304. The maximum Gasteiger partial charge on any atom is 0.573 e. The van der Waals surface area contributed by atoms with E-state index in [1.54, 1.807) is 13.0 Å². The molecule has 0 bridgehead atoms. The first-order valence-electron chi connectivity index (χ1n) is 10.1. The molecular weight excluding hydrogens is 344 g/mol. The zero-order valence-corrected chi connectivity index (χ0v) is 15.7. The zero-order valence-electron chi connectivity index (χ0n) is 15.7. The molecule has 3 aliphatic carbocycles. The third-order valence-corrected chi connectivity index (χ3v) is 7.00. The Kier molecular flexibility index (Phi) is 6.03. The van der Waals surface area contributed by atoms with Crippen LogP contribution in [0.1, 0.15) is 65.2 Å². The van der Waals surface area contributed by atoms with Crippen molar-refractivity contribution in [3.8, 4) is 0 Å². The van der Waals surface area contributed by atoms with Gasteiger partial charge in [0, 0.05) is 5.92 Å². The Bertz CT molecular complexity index is 535. The molecule has 0 N–H and O–H groups in total. The quantitative estimate of drug-likeness (QED) is 0.476. The molecule has 26 heavy (non-hydrogen) atoms. The number of alkyl halides is 3. The van der Waals surface area contributed by atoms with Crippen molar-refractivity contribution in [1.82, 2.24) is 0 Å². The molecule has 2 unspecified atom stereocenters. The topological polar surface area (TPSA) is 9.23 Å². The van der Waals surface area contributed by atoms with Gasteiger partial charge in [-0.3, -0.25) is 0 Å². The van der Waals surface area contributed by atoms with Crippen LogP contribution in [0.3, 0.4) is 0 Å². The second-order valence-corrected chi connectivity index (χ2v) is 8.68. The summed E-state index contributed by atoms with van der Waals surface area (Å²) in [6.45, 7) is 4.01. The minimum Gasteiger partial charge on any atom is -0.403 e. The van der Waals surface area contributed by atoms with Crippen LogP contribution < -0.4 is 0 Å². The van der Waals surface area contributed by atoms with Gasteiger partial charge in [-0.1, -0.05) is 32.8 Å². The molecule has 0 aromatic rings. The summed E-state index contributed by atoms with van der Waals surface area (Å²) in [7, 11) is 0. The van der Waals surface area contributed by atoms with Gasteiger partial charge in [0.1, 0.15) is 5.83 Å². The van der Waals surface area contributed by atoms with Crippen LogP contribution in [0, 0.1) is 35.5 Å². The molecule has 2 atom stereocenters. The third kappa shape index (κ3) is 4.64. The van der Waals surface area contributed by atoms with Gasteiger partial charge in [-0.05, 0) is 74.2 Å². The van der Waals surface area contributed by atoms with Gasteiger partial charge in [0.25, 0.3) is 0 Å². The molecule has 0 aliphatic heterocycles. The normalized spacial score (nSPS) is 39.2. The highest BCUT2D eigenvalue weighted by Gasteiger charge is 2.39. The average molecular weight is 374 g/mol. The van der Waals surface area contributed by atoms with Crippen molar-refractivity contribution in [2.75, 3.05) is 0 Å². The second-order valence-electron chi connectivity index (χ2n) is 8.68. The Balaban J connectivity index is 1.55. The molecule has 0 amide bonds. The number of hydrogen-bond acceptors (Lipinski definition) is 1. The van der Waals surface area contributed by atoms with Crippen molar-refractivity contribution in [3.05, 3.63) is 23.7 Å². The highest BCUT2D eigenvalue weighted by Crippen LogP contribution is 2.46. The first-order chi connectivity index (χ1) is 12.2. The van der Waals surface area contributed by atoms with Crippen molar-refractivity contribution in [1.29, 1.82) is 0 Å². The van der Waals surface area contributed by atoms with Crippen LogP contribution in [0.2, 0.25) is 0 Å². The number of ether oxygens (including phenoxy) is 1. The minimum absolute atomic E-state index is 0.0251. The molecule has 5 heteroatoms. The van der Waals surface area contributed by atoms with E-state index in [1.165, 1.54) is 44.6 Å².